The van der Waals surface area contributed by atoms with E-state index in [1.165, 1.54) is 12.3 Å². The second-order valence-corrected chi connectivity index (χ2v) is 12.4. The van der Waals surface area contributed by atoms with Crippen LogP contribution in [0.1, 0.15) is 35.5 Å². The van der Waals surface area contributed by atoms with Gasteiger partial charge in [0.25, 0.3) is 0 Å². The molecule has 0 amide bonds. The SMILES string of the molecule is CCOP(=O)(CS(=O)(=O)c1ccc(CC(=O)c2nc(-c3ccc(C)cc3)cnc2N)c(F)c1)OCC. The average molecular weight is 536 g/mol. The van der Waals surface area contributed by atoms with E-state index >= 15 is 0 Å². The van der Waals surface area contributed by atoms with Crippen LogP contribution in [0.25, 0.3) is 11.3 Å². The van der Waals surface area contributed by atoms with E-state index in [0.717, 1.165) is 23.3 Å². The van der Waals surface area contributed by atoms with Crippen molar-refractivity contribution in [3.05, 3.63) is 71.3 Å². The molecule has 3 aromatic rings. The van der Waals surface area contributed by atoms with Gasteiger partial charge in [-0.2, -0.15) is 0 Å². The normalized spacial score (nSPS) is 12.0. The summed E-state index contributed by atoms with van der Waals surface area (Å²) in [4.78, 5) is 20.9. The number of anilines is 1. The van der Waals surface area contributed by atoms with E-state index in [1.54, 1.807) is 13.8 Å². The number of nitrogens with zero attached hydrogens (tertiary/aromatic N) is 2. The molecule has 0 unspecified atom stereocenters. The summed E-state index contributed by atoms with van der Waals surface area (Å²) >= 11 is 0. The second kappa shape index (κ2) is 11.4. The van der Waals surface area contributed by atoms with Crippen LogP contribution < -0.4 is 5.73 Å². The molecular weight excluding hydrogens is 508 g/mol. The van der Waals surface area contributed by atoms with Gasteiger partial charge in [-0.25, -0.2) is 22.8 Å². The summed E-state index contributed by atoms with van der Waals surface area (Å²) in [5.74, 6) is -1.60. The molecule has 0 atom stereocenters. The van der Waals surface area contributed by atoms with Gasteiger partial charge in [0.2, 0.25) is 0 Å². The van der Waals surface area contributed by atoms with Crippen molar-refractivity contribution >= 4 is 29.0 Å². The zero-order valence-corrected chi connectivity index (χ0v) is 21.8. The maximum Gasteiger partial charge on any atom is 0.346 e. The smallest absolute Gasteiger partial charge is 0.346 e. The third-order valence-corrected chi connectivity index (χ3v) is 10.0. The van der Waals surface area contributed by atoms with Crippen molar-refractivity contribution in [2.24, 2.45) is 0 Å². The highest BCUT2D eigenvalue weighted by molar-refractivity contribution is 7.97. The minimum Gasteiger partial charge on any atom is -0.382 e. The Bertz CT molecular complexity index is 1400. The summed E-state index contributed by atoms with van der Waals surface area (Å²) < 4.78 is 63.0. The molecule has 0 aliphatic carbocycles. The quantitative estimate of drug-likeness (QED) is 0.276. The number of aromatic nitrogens is 2. The number of nitrogens with two attached hydrogens (primary N) is 1. The Balaban J connectivity index is 1.83. The van der Waals surface area contributed by atoms with Gasteiger partial charge in [0.15, 0.2) is 26.9 Å². The molecule has 0 fully saturated rings. The van der Waals surface area contributed by atoms with Crippen LogP contribution in [0.5, 0.6) is 0 Å². The highest BCUT2D eigenvalue weighted by atomic mass is 32.2. The number of ketones is 1. The number of rotatable bonds is 11. The minimum absolute atomic E-state index is 0.0145. The molecule has 192 valence electrons. The fraction of sp³-hybridized carbons (Fsp3) is 0.292. The number of nitrogen functional groups attached to an aromatic ring is 1. The molecule has 0 saturated carbocycles. The zero-order chi connectivity index (χ0) is 26.5. The largest absolute Gasteiger partial charge is 0.382 e. The third-order valence-electron chi connectivity index (χ3n) is 5.13. The van der Waals surface area contributed by atoms with E-state index in [9.17, 15) is 22.2 Å². The van der Waals surface area contributed by atoms with Gasteiger partial charge in [-0.1, -0.05) is 35.9 Å². The third kappa shape index (κ3) is 6.61. The highest BCUT2D eigenvalue weighted by Crippen LogP contribution is 2.50. The fourth-order valence-electron chi connectivity index (χ4n) is 3.38. The number of hydrogen-bond acceptors (Lipinski definition) is 9. The Labute approximate surface area is 209 Å². The summed E-state index contributed by atoms with van der Waals surface area (Å²) in [6, 6.07) is 10.5. The number of carbonyl (C=O) groups excluding carboxylic acids is 1. The summed E-state index contributed by atoms with van der Waals surface area (Å²) in [6.07, 6.45) is 1.03. The van der Waals surface area contributed by atoms with Crippen molar-refractivity contribution < 1.29 is 31.2 Å². The molecule has 12 heteroatoms. The molecule has 0 aliphatic heterocycles. The van der Waals surface area contributed by atoms with Crippen molar-refractivity contribution in [2.75, 3.05) is 24.4 Å². The summed E-state index contributed by atoms with van der Waals surface area (Å²) in [7, 11) is -8.14. The lowest BCUT2D eigenvalue weighted by molar-refractivity contribution is 0.0987. The maximum absolute atomic E-state index is 14.9. The van der Waals surface area contributed by atoms with Gasteiger partial charge in [-0.15, -0.1) is 0 Å². The maximum atomic E-state index is 14.9. The van der Waals surface area contributed by atoms with Crippen LogP contribution in [-0.4, -0.2) is 42.9 Å². The van der Waals surface area contributed by atoms with Crippen molar-refractivity contribution in [1.29, 1.82) is 0 Å². The van der Waals surface area contributed by atoms with Gasteiger partial charge in [-0.3, -0.25) is 9.36 Å². The molecule has 0 radical (unpaired) electrons. The second-order valence-electron chi connectivity index (χ2n) is 7.90. The standard InChI is InChI=1S/C24H27FN3O6PS/c1-4-33-35(30,34-5-2)15-36(31,32)19-11-10-18(20(25)13-19)12-22(29)23-24(26)27-14-21(28-23)17-8-6-16(3)7-9-17/h6-11,13-14H,4-5,12,15H2,1-3H3,(H2,26,27). The lowest BCUT2D eigenvalue weighted by Gasteiger charge is -2.17. The summed E-state index contributed by atoms with van der Waals surface area (Å²) in [5, 5.41) is 0. The molecule has 3 rings (SSSR count). The van der Waals surface area contributed by atoms with Crippen LogP contribution in [0.2, 0.25) is 0 Å². The van der Waals surface area contributed by atoms with Crippen LogP contribution in [-0.2, 0) is 29.9 Å². The number of sulfone groups is 1. The number of halogens is 1. The predicted octanol–water partition coefficient (Wildman–Crippen LogP) is 4.60. The number of hydrogen-bond donors (Lipinski definition) is 1. The van der Waals surface area contributed by atoms with Gasteiger partial charge in [-0.05, 0) is 38.5 Å². The summed E-state index contributed by atoms with van der Waals surface area (Å²) in [6.45, 7) is 5.02. The summed E-state index contributed by atoms with van der Waals surface area (Å²) in [5.41, 5.74) is 6.98. The first-order valence-corrected chi connectivity index (χ1v) is 14.5. The predicted molar refractivity (Wildman–Crippen MR) is 134 cm³/mol. The van der Waals surface area contributed by atoms with Gasteiger partial charge < -0.3 is 14.8 Å². The molecule has 0 saturated heterocycles. The van der Waals surface area contributed by atoms with Gasteiger partial charge >= 0.3 is 7.60 Å². The van der Waals surface area contributed by atoms with E-state index in [4.69, 9.17) is 14.8 Å². The lowest BCUT2D eigenvalue weighted by Crippen LogP contribution is -2.14. The Morgan fingerprint density at radius 2 is 1.72 bits per heavy atom. The molecule has 0 spiro atoms. The van der Waals surface area contributed by atoms with Gasteiger partial charge in [0.05, 0.1) is 30.0 Å². The van der Waals surface area contributed by atoms with Gasteiger partial charge in [0, 0.05) is 12.0 Å². The van der Waals surface area contributed by atoms with E-state index in [2.05, 4.69) is 9.97 Å². The number of aryl methyl sites for hydroxylation is 1. The Morgan fingerprint density at radius 3 is 2.31 bits per heavy atom. The molecule has 2 N–H and O–H groups in total. The van der Waals surface area contributed by atoms with Crippen molar-refractivity contribution in [1.82, 2.24) is 9.97 Å². The topological polar surface area (TPSA) is 139 Å². The highest BCUT2D eigenvalue weighted by Gasteiger charge is 2.33. The molecular formula is C24H27FN3O6PS. The van der Waals surface area contributed by atoms with E-state index < -0.39 is 45.8 Å². The van der Waals surface area contributed by atoms with Crippen molar-refractivity contribution in [3.63, 3.8) is 0 Å². The molecule has 1 heterocycles. The molecule has 36 heavy (non-hydrogen) atoms. The Morgan fingerprint density at radius 1 is 1.08 bits per heavy atom. The van der Waals surface area contributed by atoms with Crippen LogP contribution in [0.3, 0.4) is 0 Å². The first kappa shape index (κ1) is 27.6. The molecule has 0 aliphatic rings. The van der Waals surface area contributed by atoms with Crippen molar-refractivity contribution in [3.8, 4) is 11.3 Å². The van der Waals surface area contributed by atoms with Crippen LogP contribution >= 0.6 is 7.60 Å². The number of benzene rings is 2. The minimum atomic E-state index is -4.21. The average Bonchev–Trinajstić information content (AvgIpc) is 2.81. The lowest BCUT2D eigenvalue weighted by atomic mass is 10.1. The monoisotopic (exact) mass is 535 g/mol. The molecule has 2 aromatic carbocycles. The number of carbonyl (C=O) groups is 1. The zero-order valence-electron chi connectivity index (χ0n) is 20.1. The Kier molecular flexibility index (Phi) is 8.73. The first-order chi connectivity index (χ1) is 17.0. The van der Waals surface area contributed by atoms with Crippen molar-refractivity contribution in [2.45, 2.75) is 32.1 Å². The number of Topliss-reactive ketones (excluding diaryl/α,β-unsaturated/α-hetero) is 1. The molecule has 0 bridgehead atoms. The Hall–Kier alpha value is -2.98. The first-order valence-electron chi connectivity index (χ1n) is 11.1. The van der Waals surface area contributed by atoms with E-state index in [-0.39, 0.29) is 30.3 Å². The van der Waals surface area contributed by atoms with E-state index in [1.807, 2.05) is 31.2 Å². The van der Waals surface area contributed by atoms with Crippen LogP contribution in [0, 0.1) is 12.7 Å². The van der Waals surface area contributed by atoms with E-state index in [0.29, 0.717) is 5.69 Å². The molecule has 1 aromatic heterocycles. The fourth-order valence-corrected chi connectivity index (χ4v) is 7.65. The van der Waals surface area contributed by atoms with Crippen LogP contribution in [0.4, 0.5) is 10.2 Å². The van der Waals surface area contributed by atoms with Gasteiger partial charge in [0.1, 0.15) is 11.5 Å². The molecule has 9 nitrogen and oxygen atoms in total. The van der Waals surface area contributed by atoms with Crippen LogP contribution in [0.15, 0.2) is 53.6 Å².